The lowest BCUT2D eigenvalue weighted by molar-refractivity contribution is -0.142. The number of ether oxygens (including phenoxy) is 3. The number of hydrogen-bond donors (Lipinski definition) is 1. The molecule has 1 aromatic carbocycles. The highest BCUT2D eigenvalue weighted by Crippen LogP contribution is 2.29. The van der Waals surface area contributed by atoms with Gasteiger partial charge in [0.2, 0.25) is 0 Å². The number of benzene rings is 1. The van der Waals surface area contributed by atoms with Gasteiger partial charge in [-0.3, -0.25) is 4.79 Å². The lowest BCUT2D eigenvalue weighted by Gasteiger charge is -2.13. The van der Waals surface area contributed by atoms with Crippen LogP contribution < -0.4 is 4.74 Å². The molecule has 0 saturated heterocycles. The Kier molecular flexibility index (Phi) is 7.22. The molecule has 1 aromatic rings. The second kappa shape index (κ2) is 8.92. The van der Waals surface area contributed by atoms with Crippen LogP contribution in [0.15, 0.2) is 12.1 Å². The number of esters is 2. The first-order chi connectivity index (χ1) is 10.5. The van der Waals surface area contributed by atoms with Crippen molar-refractivity contribution in [1.82, 2.24) is 0 Å². The number of phenolic OH excluding ortho intramolecular Hbond substituents is 1. The molecule has 0 unspecified atom stereocenters. The molecular weight excluding hydrogens is 288 g/mol. The lowest BCUT2D eigenvalue weighted by atomic mass is 10.0. The summed E-state index contributed by atoms with van der Waals surface area (Å²) in [7, 11) is 1.43. The maximum absolute atomic E-state index is 12.1. The van der Waals surface area contributed by atoms with Gasteiger partial charge in [0.05, 0.1) is 26.7 Å². The Labute approximate surface area is 130 Å². The number of carbonyl (C=O) groups is 2. The summed E-state index contributed by atoms with van der Waals surface area (Å²) >= 11 is 0. The number of aromatic hydroxyl groups is 1. The van der Waals surface area contributed by atoms with E-state index in [-0.39, 0.29) is 24.3 Å². The Morgan fingerprint density at radius 2 is 1.73 bits per heavy atom. The van der Waals surface area contributed by atoms with Crippen molar-refractivity contribution in [2.75, 3.05) is 20.3 Å². The number of phenols is 1. The minimum absolute atomic E-state index is 0.0253. The van der Waals surface area contributed by atoms with Crippen LogP contribution >= 0.6 is 0 Å². The molecule has 122 valence electrons. The molecule has 1 N–H and O–H groups in total. The third-order valence-corrected chi connectivity index (χ3v) is 2.85. The summed E-state index contributed by atoms with van der Waals surface area (Å²) < 4.78 is 15.1. The van der Waals surface area contributed by atoms with E-state index in [1.54, 1.807) is 0 Å². The SMILES string of the molecule is CCCOC(=O)Cc1cc(OC)cc(O)c1C(=O)OCCC. The first kappa shape index (κ1) is 17.8. The molecule has 0 aliphatic heterocycles. The van der Waals surface area contributed by atoms with Gasteiger partial charge < -0.3 is 19.3 Å². The standard InChI is InChI=1S/C16H22O6/c1-4-6-21-14(18)9-11-8-12(20-3)10-13(17)15(11)16(19)22-7-5-2/h8,10,17H,4-7,9H2,1-3H3. The van der Waals surface area contributed by atoms with Crippen molar-refractivity contribution in [2.24, 2.45) is 0 Å². The van der Waals surface area contributed by atoms with Gasteiger partial charge in [0.1, 0.15) is 17.1 Å². The van der Waals surface area contributed by atoms with Gasteiger partial charge in [-0.25, -0.2) is 4.79 Å². The molecule has 22 heavy (non-hydrogen) atoms. The highest BCUT2D eigenvalue weighted by Gasteiger charge is 2.21. The normalized spacial score (nSPS) is 10.1. The van der Waals surface area contributed by atoms with Crippen LogP contribution in [0.25, 0.3) is 0 Å². The van der Waals surface area contributed by atoms with Crippen LogP contribution in [0.5, 0.6) is 11.5 Å². The predicted molar refractivity (Wildman–Crippen MR) is 80.2 cm³/mol. The van der Waals surface area contributed by atoms with Crippen LogP contribution in [0.1, 0.15) is 42.6 Å². The molecular formula is C16H22O6. The van der Waals surface area contributed by atoms with E-state index in [4.69, 9.17) is 14.2 Å². The predicted octanol–water partition coefficient (Wildman–Crippen LogP) is 2.46. The second-order valence-electron chi connectivity index (χ2n) is 4.71. The van der Waals surface area contributed by atoms with E-state index in [0.29, 0.717) is 30.8 Å². The molecule has 0 saturated carbocycles. The van der Waals surface area contributed by atoms with E-state index >= 15 is 0 Å². The molecule has 0 bridgehead atoms. The fraction of sp³-hybridized carbons (Fsp3) is 0.500. The van der Waals surface area contributed by atoms with Crippen molar-refractivity contribution in [3.05, 3.63) is 23.3 Å². The Balaban J connectivity index is 3.07. The van der Waals surface area contributed by atoms with Crippen molar-refractivity contribution >= 4 is 11.9 Å². The monoisotopic (exact) mass is 310 g/mol. The molecule has 0 heterocycles. The zero-order chi connectivity index (χ0) is 16.5. The summed E-state index contributed by atoms with van der Waals surface area (Å²) in [6.45, 7) is 4.30. The van der Waals surface area contributed by atoms with Crippen LogP contribution in [0.4, 0.5) is 0 Å². The van der Waals surface area contributed by atoms with Crippen LogP contribution in [0.2, 0.25) is 0 Å². The molecule has 1 rings (SSSR count). The van der Waals surface area contributed by atoms with Gasteiger partial charge in [-0.2, -0.15) is 0 Å². The summed E-state index contributed by atoms with van der Waals surface area (Å²) in [4.78, 5) is 23.8. The molecule has 0 spiro atoms. The largest absolute Gasteiger partial charge is 0.507 e. The fourth-order valence-corrected chi connectivity index (χ4v) is 1.84. The summed E-state index contributed by atoms with van der Waals surface area (Å²) in [5, 5.41) is 10.0. The van der Waals surface area contributed by atoms with Crippen molar-refractivity contribution in [3.63, 3.8) is 0 Å². The quantitative estimate of drug-likeness (QED) is 0.743. The van der Waals surface area contributed by atoms with E-state index < -0.39 is 11.9 Å². The van der Waals surface area contributed by atoms with E-state index in [1.165, 1.54) is 19.2 Å². The van der Waals surface area contributed by atoms with E-state index in [0.717, 1.165) is 0 Å². The molecule has 0 atom stereocenters. The molecule has 0 aliphatic carbocycles. The van der Waals surface area contributed by atoms with Crippen molar-refractivity contribution in [3.8, 4) is 11.5 Å². The second-order valence-corrected chi connectivity index (χ2v) is 4.71. The third-order valence-electron chi connectivity index (χ3n) is 2.85. The van der Waals surface area contributed by atoms with E-state index in [1.807, 2.05) is 13.8 Å². The van der Waals surface area contributed by atoms with E-state index in [9.17, 15) is 14.7 Å². The maximum atomic E-state index is 12.1. The van der Waals surface area contributed by atoms with Gasteiger partial charge in [-0.1, -0.05) is 13.8 Å². The van der Waals surface area contributed by atoms with Gasteiger partial charge in [0.15, 0.2) is 0 Å². The number of rotatable bonds is 8. The van der Waals surface area contributed by atoms with Crippen molar-refractivity contribution in [1.29, 1.82) is 0 Å². The van der Waals surface area contributed by atoms with Crippen LogP contribution in [0, 0.1) is 0 Å². The summed E-state index contributed by atoms with van der Waals surface area (Å²) in [5.41, 5.74) is 0.293. The van der Waals surface area contributed by atoms with Crippen LogP contribution in [-0.4, -0.2) is 37.4 Å². The fourth-order valence-electron chi connectivity index (χ4n) is 1.84. The Morgan fingerprint density at radius 1 is 1.09 bits per heavy atom. The molecule has 0 radical (unpaired) electrons. The first-order valence-electron chi connectivity index (χ1n) is 7.26. The van der Waals surface area contributed by atoms with Gasteiger partial charge in [-0.15, -0.1) is 0 Å². The zero-order valence-corrected chi connectivity index (χ0v) is 13.2. The molecule has 0 aromatic heterocycles. The molecule has 6 heteroatoms. The van der Waals surface area contributed by atoms with E-state index in [2.05, 4.69) is 0 Å². The Hall–Kier alpha value is -2.24. The number of carbonyl (C=O) groups excluding carboxylic acids is 2. The Bertz CT molecular complexity index is 524. The third kappa shape index (κ3) is 4.95. The average Bonchev–Trinajstić information content (AvgIpc) is 2.50. The molecule has 0 amide bonds. The van der Waals surface area contributed by atoms with Gasteiger partial charge in [0, 0.05) is 6.07 Å². The minimum Gasteiger partial charge on any atom is -0.507 e. The molecule has 6 nitrogen and oxygen atoms in total. The Morgan fingerprint density at radius 3 is 2.32 bits per heavy atom. The number of hydrogen-bond acceptors (Lipinski definition) is 6. The first-order valence-corrected chi connectivity index (χ1v) is 7.26. The van der Waals surface area contributed by atoms with Gasteiger partial charge in [0.25, 0.3) is 0 Å². The average molecular weight is 310 g/mol. The van der Waals surface area contributed by atoms with Gasteiger partial charge >= 0.3 is 11.9 Å². The van der Waals surface area contributed by atoms with Crippen molar-refractivity contribution in [2.45, 2.75) is 33.1 Å². The summed E-state index contributed by atoms with van der Waals surface area (Å²) in [6.07, 6.45) is 1.23. The summed E-state index contributed by atoms with van der Waals surface area (Å²) in [5.74, 6) is -1.07. The van der Waals surface area contributed by atoms with Crippen molar-refractivity contribution < 1.29 is 28.9 Å². The highest BCUT2D eigenvalue weighted by molar-refractivity contribution is 5.95. The zero-order valence-electron chi connectivity index (χ0n) is 13.2. The molecule has 0 fully saturated rings. The van der Waals surface area contributed by atoms with Crippen LogP contribution in [-0.2, 0) is 20.7 Å². The topological polar surface area (TPSA) is 82.1 Å². The van der Waals surface area contributed by atoms with Gasteiger partial charge in [-0.05, 0) is 24.5 Å². The molecule has 0 aliphatic rings. The minimum atomic E-state index is -0.666. The smallest absolute Gasteiger partial charge is 0.342 e. The van der Waals surface area contributed by atoms with Crippen LogP contribution in [0.3, 0.4) is 0 Å². The maximum Gasteiger partial charge on any atom is 0.342 e. The summed E-state index contributed by atoms with van der Waals surface area (Å²) in [6, 6.07) is 2.83. The number of methoxy groups -OCH3 is 1. The lowest BCUT2D eigenvalue weighted by Crippen LogP contribution is -2.14. The highest BCUT2D eigenvalue weighted by atomic mass is 16.5.